The Balaban J connectivity index is 3.89. The Hall–Kier alpha value is -1.14. The van der Waals surface area contributed by atoms with Gasteiger partial charge >= 0.3 is 5.97 Å². The van der Waals surface area contributed by atoms with Crippen LogP contribution in [0.3, 0.4) is 0 Å². The van der Waals surface area contributed by atoms with Crippen molar-refractivity contribution in [2.75, 3.05) is 40.3 Å². The van der Waals surface area contributed by atoms with E-state index in [9.17, 15) is 9.59 Å². The SMILES string of the molecule is CN(C)CCCN(CC(N)=O)CC(=O)O. The van der Waals surface area contributed by atoms with Gasteiger partial charge in [0.1, 0.15) is 0 Å². The first-order valence-electron chi connectivity index (χ1n) is 4.79. The largest absolute Gasteiger partial charge is 0.480 e. The van der Waals surface area contributed by atoms with Gasteiger partial charge in [-0.25, -0.2) is 0 Å². The summed E-state index contributed by atoms with van der Waals surface area (Å²) in [4.78, 5) is 24.7. The summed E-state index contributed by atoms with van der Waals surface area (Å²) in [6.07, 6.45) is 0.813. The molecule has 0 atom stereocenters. The molecule has 0 aromatic rings. The van der Waals surface area contributed by atoms with Crippen molar-refractivity contribution in [3.8, 4) is 0 Å². The molecule has 6 heteroatoms. The molecular weight excluding hydrogens is 198 g/mol. The highest BCUT2D eigenvalue weighted by Gasteiger charge is 2.11. The fourth-order valence-corrected chi connectivity index (χ4v) is 1.24. The Bertz CT molecular complexity index is 203. The lowest BCUT2D eigenvalue weighted by Crippen LogP contribution is -2.38. The van der Waals surface area contributed by atoms with Crippen molar-refractivity contribution < 1.29 is 14.7 Å². The molecule has 0 spiro atoms. The molecule has 6 nitrogen and oxygen atoms in total. The number of nitrogens with zero attached hydrogens (tertiary/aromatic N) is 2. The van der Waals surface area contributed by atoms with Crippen molar-refractivity contribution in [1.82, 2.24) is 9.80 Å². The van der Waals surface area contributed by atoms with Gasteiger partial charge in [-0.1, -0.05) is 0 Å². The maximum absolute atomic E-state index is 10.7. The van der Waals surface area contributed by atoms with Crippen LogP contribution < -0.4 is 5.73 Å². The standard InChI is InChI=1S/C9H19N3O3/c1-11(2)4-3-5-12(6-8(10)13)7-9(14)15/h3-7H2,1-2H3,(H2,10,13)(H,14,15). The zero-order valence-corrected chi connectivity index (χ0v) is 9.27. The van der Waals surface area contributed by atoms with E-state index in [4.69, 9.17) is 10.8 Å². The van der Waals surface area contributed by atoms with Crippen LogP contribution in [-0.4, -0.2) is 67.1 Å². The van der Waals surface area contributed by atoms with E-state index in [0.717, 1.165) is 13.0 Å². The molecule has 0 aliphatic heterocycles. The number of carbonyl (C=O) groups excluding carboxylic acids is 1. The Labute approximate surface area is 89.6 Å². The van der Waals surface area contributed by atoms with Crippen LogP contribution in [0.5, 0.6) is 0 Å². The van der Waals surface area contributed by atoms with Crippen LogP contribution in [-0.2, 0) is 9.59 Å². The fourth-order valence-electron chi connectivity index (χ4n) is 1.24. The molecule has 0 radical (unpaired) electrons. The number of primary amides is 1. The number of nitrogens with two attached hydrogens (primary N) is 1. The first-order chi connectivity index (χ1) is 6.91. The Kier molecular flexibility index (Phi) is 6.64. The summed E-state index contributed by atoms with van der Waals surface area (Å²) in [5, 5.41) is 8.60. The topological polar surface area (TPSA) is 86.9 Å². The number of aliphatic carboxylic acids is 1. The van der Waals surface area contributed by atoms with E-state index in [2.05, 4.69) is 0 Å². The number of hydrogen-bond acceptors (Lipinski definition) is 4. The van der Waals surface area contributed by atoms with E-state index in [0.29, 0.717) is 6.54 Å². The fraction of sp³-hybridized carbons (Fsp3) is 0.778. The summed E-state index contributed by atoms with van der Waals surface area (Å²) >= 11 is 0. The molecule has 0 aliphatic carbocycles. The molecule has 0 aromatic heterocycles. The summed E-state index contributed by atoms with van der Waals surface area (Å²) < 4.78 is 0. The van der Waals surface area contributed by atoms with E-state index >= 15 is 0 Å². The van der Waals surface area contributed by atoms with E-state index in [1.807, 2.05) is 19.0 Å². The van der Waals surface area contributed by atoms with Crippen LogP contribution in [0.2, 0.25) is 0 Å². The summed E-state index contributed by atoms with van der Waals surface area (Å²) in [6, 6.07) is 0. The zero-order valence-electron chi connectivity index (χ0n) is 9.27. The molecule has 0 saturated carbocycles. The minimum atomic E-state index is -0.943. The minimum absolute atomic E-state index is 0.000269. The molecule has 88 valence electrons. The maximum atomic E-state index is 10.7. The van der Waals surface area contributed by atoms with E-state index in [-0.39, 0.29) is 13.1 Å². The quantitative estimate of drug-likeness (QED) is 0.534. The molecule has 1 amide bonds. The summed E-state index contributed by atoms with van der Waals surface area (Å²) in [5.41, 5.74) is 5.02. The van der Waals surface area contributed by atoms with Crippen LogP contribution in [0, 0.1) is 0 Å². The lowest BCUT2D eigenvalue weighted by molar-refractivity contribution is -0.138. The van der Waals surface area contributed by atoms with Gasteiger partial charge in [0.25, 0.3) is 0 Å². The lowest BCUT2D eigenvalue weighted by Gasteiger charge is -2.19. The molecule has 0 aromatic carbocycles. The number of carboxylic acids is 1. The first kappa shape index (κ1) is 13.9. The number of carboxylic acid groups (broad SMARTS) is 1. The lowest BCUT2D eigenvalue weighted by atomic mass is 10.3. The number of carbonyl (C=O) groups is 2. The van der Waals surface area contributed by atoms with Crippen molar-refractivity contribution in [3.05, 3.63) is 0 Å². The van der Waals surface area contributed by atoms with Gasteiger partial charge in [0, 0.05) is 6.54 Å². The summed E-state index contributed by atoms with van der Waals surface area (Å²) in [7, 11) is 3.88. The van der Waals surface area contributed by atoms with Gasteiger partial charge in [0.05, 0.1) is 13.1 Å². The highest BCUT2D eigenvalue weighted by atomic mass is 16.4. The molecule has 3 N–H and O–H groups in total. The smallest absolute Gasteiger partial charge is 0.317 e. The van der Waals surface area contributed by atoms with Gasteiger partial charge in [-0.05, 0) is 27.1 Å². The second-order valence-electron chi connectivity index (χ2n) is 3.73. The Morgan fingerprint density at radius 1 is 1.20 bits per heavy atom. The van der Waals surface area contributed by atoms with Crippen molar-refractivity contribution in [1.29, 1.82) is 0 Å². The predicted octanol–water partition coefficient (Wildman–Crippen LogP) is -1.19. The van der Waals surface area contributed by atoms with Gasteiger partial charge in [0.15, 0.2) is 0 Å². The minimum Gasteiger partial charge on any atom is -0.480 e. The third-order valence-corrected chi connectivity index (χ3v) is 1.82. The number of rotatable bonds is 8. The molecule has 15 heavy (non-hydrogen) atoms. The second kappa shape index (κ2) is 7.19. The van der Waals surface area contributed by atoms with Crippen molar-refractivity contribution in [2.45, 2.75) is 6.42 Å². The first-order valence-corrected chi connectivity index (χ1v) is 4.79. The predicted molar refractivity (Wildman–Crippen MR) is 56.4 cm³/mol. The highest BCUT2D eigenvalue weighted by molar-refractivity contribution is 5.77. The van der Waals surface area contributed by atoms with Crippen LogP contribution in [0.25, 0.3) is 0 Å². The summed E-state index contributed by atoms with van der Waals surface area (Å²) in [6.45, 7) is 1.28. The van der Waals surface area contributed by atoms with Gasteiger partial charge in [-0.15, -0.1) is 0 Å². The molecule has 0 bridgehead atoms. The van der Waals surface area contributed by atoms with Gasteiger partial charge in [-0.3, -0.25) is 14.5 Å². The molecule has 0 heterocycles. The van der Waals surface area contributed by atoms with Gasteiger partial charge < -0.3 is 15.7 Å². The highest BCUT2D eigenvalue weighted by Crippen LogP contribution is 1.92. The molecule has 0 rings (SSSR count). The Morgan fingerprint density at radius 3 is 2.20 bits per heavy atom. The van der Waals surface area contributed by atoms with E-state index in [1.54, 1.807) is 0 Å². The van der Waals surface area contributed by atoms with Crippen LogP contribution in [0.4, 0.5) is 0 Å². The van der Waals surface area contributed by atoms with Gasteiger partial charge in [-0.2, -0.15) is 0 Å². The van der Waals surface area contributed by atoms with Crippen LogP contribution in [0.15, 0.2) is 0 Å². The molecule has 0 fully saturated rings. The van der Waals surface area contributed by atoms with E-state index < -0.39 is 11.9 Å². The van der Waals surface area contributed by atoms with Crippen LogP contribution in [0.1, 0.15) is 6.42 Å². The average molecular weight is 217 g/mol. The van der Waals surface area contributed by atoms with Crippen molar-refractivity contribution >= 4 is 11.9 Å². The maximum Gasteiger partial charge on any atom is 0.317 e. The second-order valence-corrected chi connectivity index (χ2v) is 3.73. The third-order valence-electron chi connectivity index (χ3n) is 1.82. The molecule has 0 unspecified atom stereocenters. The number of hydrogen-bond donors (Lipinski definition) is 2. The average Bonchev–Trinajstić information content (AvgIpc) is 2.00. The third kappa shape index (κ3) is 9.17. The monoisotopic (exact) mass is 217 g/mol. The molecular formula is C9H19N3O3. The molecule has 0 aliphatic rings. The van der Waals surface area contributed by atoms with E-state index in [1.165, 1.54) is 4.90 Å². The number of amides is 1. The van der Waals surface area contributed by atoms with Crippen LogP contribution >= 0.6 is 0 Å². The molecule has 0 saturated heterocycles. The van der Waals surface area contributed by atoms with Gasteiger partial charge in [0.2, 0.25) is 5.91 Å². The normalized spacial score (nSPS) is 10.9. The van der Waals surface area contributed by atoms with Crippen molar-refractivity contribution in [2.24, 2.45) is 5.73 Å². The summed E-state index contributed by atoms with van der Waals surface area (Å²) in [5.74, 6) is -1.44. The van der Waals surface area contributed by atoms with Crippen molar-refractivity contribution in [3.63, 3.8) is 0 Å². The Morgan fingerprint density at radius 2 is 1.80 bits per heavy atom. The zero-order chi connectivity index (χ0) is 11.8.